The molecule has 2 aromatic heterocycles. The molecular formula is C8H6N4O3S. The Morgan fingerprint density at radius 1 is 1.50 bits per heavy atom. The van der Waals surface area contributed by atoms with Crippen LogP contribution in [0.1, 0.15) is 20.3 Å². The van der Waals surface area contributed by atoms with Crippen molar-refractivity contribution in [1.82, 2.24) is 15.0 Å². The fourth-order valence-electron chi connectivity index (χ4n) is 0.971. The van der Waals surface area contributed by atoms with Gasteiger partial charge in [-0.1, -0.05) is 0 Å². The Hall–Kier alpha value is -2.22. The van der Waals surface area contributed by atoms with E-state index >= 15 is 0 Å². The minimum absolute atomic E-state index is 0.0776. The van der Waals surface area contributed by atoms with Crippen molar-refractivity contribution in [3.8, 4) is 0 Å². The Balaban J connectivity index is 2.12. The van der Waals surface area contributed by atoms with Crippen molar-refractivity contribution in [2.45, 2.75) is 0 Å². The molecular weight excluding hydrogens is 232 g/mol. The number of hydrogen-bond acceptors (Lipinski definition) is 5. The number of thiazole rings is 1. The molecule has 0 bridgehead atoms. The van der Waals surface area contributed by atoms with E-state index in [1.54, 1.807) is 6.20 Å². The summed E-state index contributed by atoms with van der Waals surface area (Å²) >= 11 is 0.962. The second-order valence-corrected chi connectivity index (χ2v) is 3.59. The van der Waals surface area contributed by atoms with E-state index in [0.29, 0.717) is 0 Å². The number of H-pyrrole nitrogens is 1. The molecule has 0 fully saturated rings. The van der Waals surface area contributed by atoms with Gasteiger partial charge in [0.2, 0.25) is 5.95 Å². The number of aromatic amines is 1. The Morgan fingerprint density at radius 3 is 2.88 bits per heavy atom. The quantitative estimate of drug-likeness (QED) is 0.733. The van der Waals surface area contributed by atoms with Crippen molar-refractivity contribution >= 4 is 29.2 Å². The maximum Gasteiger partial charge on any atom is 0.355 e. The van der Waals surface area contributed by atoms with Gasteiger partial charge in [0.1, 0.15) is 0 Å². The Kier molecular flexibility index (Phi) is 2.64. The fourth-order valence-corrected chi connectivity index (χ4v) is 1.66. The normalized spacial score (nSPS) is 10.0. The minimum atomic E-state index is -1.16. The number of carboxylic acid groups (broad SMARTS) is 1. The number of aromatic carboxylic acids is 1. The van der Waals surface area contributed by atoms with Crippen LogP contribution in [-0.4, -0.2) is 31.9 Å². The zero-order valence-electron chi connectivity index (χ0n) is 7.80. The molecule has 82 valence electrons. The molecule has 16 heavy (non-hydrogen) atoms. The van der Waals surface area contributed by atoms with E-state index in [0.717, 1.165) is 11.3 Å². The fraction of sp³-hybridized carbons (Fsp3) is 0. The third kappa shape index (κ3) is 2.06. The molecule has 3 N–H and O–H groups in total. The lowest BCUT2D eigenvalue weighted by molar-refractivity contribution is 0.0691. The lowest BCUT2D eigenvalue weighted by atomic mass is 10.5. The number of nitrogens with one attached hydrogen (secondary N) is 2. The number of imidazole rings is 1. The number of anilines is 1. The van der Waals surface area contributed by atoms with Gasteiger partial charge in [-0.3, -0.25) is 10.1 Å². The van der Waals surface area contributed by atoms with Gasteiger partial charge in [0.15, 0.2) is 10.7 Å². The van der Waals surface area contributed by atoms with Crippen LogP contribution in [0.15, 0.2) is 17.8 Å². The summed E-state index contributed by atoms with van der Waals surface area (Å²) in [6.07, 6.45) is 3.04. The van der Waals surface area contributed by atoms with E-state index < -0.39 is 11.9 Å². The predicted molar refractivity (Wildman–Crippen MR) is 55.6 cm³/mol. The van der Waals surface area contributed by atoms with Crippen molar-refractivity contribution in [2.24, 2.45) is 0 Å². The van der Waals surface area contributed by atoms with Gasteiger partial charge in [-0.2, -0.15) is 0 Å². The third-order valence-corrected chi connectivity index (χ3v) is 2.49. The van der Waals surface area contributed by atoms with Gasteiger partial charge in [-0.15, -0.1) is 11.3 Å². The maximum atomic E-state index is 11.5. The van der Waals surface area contributed by atoms with Crippen molar-refractivity contribution in [2.75, 3.05) is 5.32 Å². The van der Waals surface area contributed by atoms with Crippen LogP contribution in [0.3, 0.4) is 0 Å². The first-order valence-corrected chi connectivity index (χ1v) is 5.04. The summed E-state index contributed by atoms with van der Waals surface area (Å²) in [5.41, 5.74) is -0.144. The summed E-state index contributed by atoms with van der Waals surface area (Å²) in [5, 5.41) is 12.5. The molecule has 8 heteroatoms. The lowest BCUT2D eigenvalue weighted by Crippen LogP contribution is -2.13. The Bertz CT molecular complexity index is 519. The Labute approximate surface area is 93.2 Å². The number of nitrogens with zero attached hydrogens (tertiary/aromatic N) is 2. The first kappa shape index (κ1) is 10.3. The number of aromatic nitrogens is 3. The number of carbonyl (C=O) groups is 2. The lowest BCUT2D eigenvalue weighted by Gasteiger charge is -1.96. The topological polar surface area (TPSA) is 108 Å². The average molecular weight is 238 g/mol. The second kappa shape index (κ2) is 4.11. The second-order valence-electron chi connectivity index (χ2n) is 2.73. The Morgan fingerprint density at radius 2 is 2.31 bits per heavy atom. The zero-order valence-corrected chi connectivity index (χ0v) is 8.61. The number of carboxylic acids is 1. The predicted octanol–water partition coefficient (Wildman–Crippen LogP) is 0.817. The molecule has 0 atom stereocenters. The monoisotopic (exact) mass is 238 g/mol. The summed E-state index contributed by atoms with van der Waals surface area (Å²) in [7, 11) is 0. The summed E-state index contributed by atoms with van der Waals surface area (Å²) in [5.74, 6) is -1.36. The van der Waals surface area contributed by atoms with Crippen LogP contribution in [0.4, 0.5) is 5.95 Å². The highest BCUT2D eigenvalue weighted by Gasteiger charge is 2.15. The van der Waals surface area contributed by atoms with Gasteiger partial charge in [0.25, 0.3) is 5.91 Å². The largest absolute Gasteiger partial charge is 0.476 e. The molecule has 0 aromatic carbocycles. The molecule has 0 saturated carbocycles. The molecule has 2 aromatic rings. The third-order valence-electron chi connectivity index (χ3n) is 1.65. The van der Waals surface area contributed by atoms with E-state index in [4.69, 9.17) is 5.11 Å². The zero-order chi connectivity index (χ0) is 11.5. The van der Waals surface area contributed by atoms with Gasteiger partial charge in [-0.05, 0) is 0 Å². The van der Waals surface area contributed by atoms with E-state index in [1.807, 2.05) is 0 Å². The van der Waals surface area contributed by atoms with Crippen molar-refractivity contribution < 1.29 is 14.7 Å². The molecule has 0 aliphatic heterocycles. The van der Waals surface area contributed by atoms with Crippen LogP contribution in [0.5, 0.6) is 0 Å². The van der Waals surface area contributed by atoms with E-state index in [2.05, 4.69) is 20.3 Å². The molecule has 0 unspecified atom stereocenters. The van der Waals surface area contributed by atoms with Crippen LogP contribution < -0.4 is 5.32 Å². The molecule has 0 radical (unpaired) electrons. The standard InChI is InChI=1S/C8H6N4O3S/c13-5(12-8-9-1-2-10-8)6-11-4(3-16-6)7(14)15/h1-3H,(H,14,15)(H2,9,10,12,13). The first-order chi connectivity index (χ1) is 7.66. The molecule has 0 saturated heterocycles. The summed E-state index contributed by atoms with van der Waals surface area (Å²) in [4.78, 5) is 32.2. The molecule has 0 spiro atoms. The van der Waals surface area contributed by atoms with Gasteiger partial charge < -0.3 is 10.1 Å². The van der Waals surface area contributed by atoms with Crippen LogP contribution in [0.25, 0.3) is 0 Å². The van der Waals surface area contributed by atoms with Crippen LogP contribution in [0, 0.1) is 0 Å². The van der Waals surface area contributed by atoms with E-state index in [1.165, 1.54) is 11.6 Å². The maximum absolute atomic E-state index is 11.5. The summed E-state index contributed by atoms with van der Waals surface area (Å²) in [6.45, 7) is 0. The van der Waals surface area contributed by atoms with Crippen molar-refractivity contribution in [1.29, 1.82) is 0 Å². The molecule has 2 rings (SSSR count). The van der Waals surface area contributed by atoms with Gasteiger partial charge in [0, 0.05) is 17.8 Å². The van der Waals surface area contributed by atoms with Crippen LogP contribution >= 0.6 is 11.3 Å². The van der Waals surface area contributed by atoms with Crippen LogP contribution in [-0.2, 0) is 0 Å². The van der Waals surface area contributed by atoms with E-state index in [9.17, 15) is 9.59 Å². The number of rotatable bonds is 3. The average Bonchev–Trinajstić information content (AvgIpc) is 2.86. The first-order valence-electron chi connectivity index (χ1n) is 4.16. The summed E-state index contributed by atoms with van der Waals surface area (Å²) in [6, 6.07) is 0. The van der Waals surface area contributed by atoms with Crippen molar-refractivity contribution in [3.63, 3.8) is 0 Å². The summed E-state index contributed by atoms with van der Waals surface area (Å²) < 4.78 is 0. The van der Waals surface area contributed by atoms with Crippen LogP contribution in [0.2, 0.25) is 0 Å². The highest BCUT2D eigenvalue weighted by atomic mass is 32.1. The highest BCUT2D eigenvalue weighted by Crippen LogP contribution is 2.11. The van der Waals surface area contributed by atoms with E-state index in [-0.39, 0.29) is 16.6 Å². The smallest absolute Gasteiger partial charge is 0.355 e. The number of carbonyl (C=O) groups excluding carboxylic acids is 1. The molecule has 0 aliphatic carbocycles. The molecule has 2 heterocycles. The van der Waals surface area contributed by atoms with Gasteiger partial charge >= 0.3 is 5.97 Å². The molecule has 0 aliphatic rings. The van der Waals surface area contributed by atoms with Gasteiger partial charge in [0.05, 0.1) is 0 Å². The highest BCUT2D eigenvalue weighted by molar-refractivity contribution is 7.12. The molecule has 1 amide bonds. The SMILES string of the molecule is O=C(O)c1csc(C(=O)Nc2ncc[nH]2)n1. The number of hydrogen-bond donors (Lipinski definition) is 3. The molecule has 7 nitrogen and oxygen atoms in total. The van der Waals surface area contributed by atoms with Gasteiger partial charge in [-0.25, -0.2) is 14.8 Å². The van der Waals surface area contributed by atoms with Crippen molar-refractivity contribution in [3.05, 3.63) is 28.5 Å². The minimum Gasteiger partial charge on any atom is -0.476 e. The number of amides is 1.